The van der Waals surface area contributed by atoms with Crippen LogP contribution in [0.3, 0.4) is 0 Å². The van der Waals surface area contributed by atoms with Crippen LogP contribution in [0.1, 0.15) is 33.1 Å². The third kappa shape index (κ3) is 2.80. The Labute approximate surface area is 69.1 Å². The van der Waals surface area contributed by atoms with E-state index in [-0.39, 0.29) is 6.04 Å². The average molecular weight is 157 g/mol. The third-order valence-electron chi connectivity index (χ3n) is 2.19. The van der Waals surface area contributed by atoms with E-state index < -0.39 is 0 Å². The number of hydrogen-bond donors (Lipinski definition) is 1. The SMILES string of the molecule is CC(C)C[C@@H]1OCCC[C@H]1N. The van der Waals surface area contributed by atoms with Crippen LogP contribution in [0.25, 0.3) is 0 Å². The summed E-state index contributed by atoms with van der Waals surface area (Å²) in [6, 6.07) is 0.283. The van der Waals surface area contributed by atoms with Gasteiger partial charge in [-0.3, -0.25) is 0 Å². The van der Waals surface area contributed by atoms with Gasteiger partial charge in [-0.25, -0.2) is 0 Å². The molecule has 1 fully saturated rings. The highest BCUT2D eigenvalue weighted by molar-refractivity contribution is 4.77. The average Bonchev–Trinajstić information content (AvgIpc) is 1.93. The van der Waals surface area contributed by atoms with Gasteiger partial charge in [-0.2, -0.15) is 0 Å². The highest BCUT2D eigenvalue weighted by Crippen LogP contribution is 2.18. The zero-order valence-electron chi connectivity index (χ0n) is 7.55. The summed E-state index contributed by atoms with van der Waals surface area (Å²) in [5.41, 5.74) is 5.90. The van der Waals surface area contributed by atoms with E-state index in [1.54, 1.807) is 0 Å². The monoisotopic (exact) mass is 157 g/mol. The first-order valence-corrected chi connectivity index (χ1v) is 4.57. The smallest absolute Gasteiger partial charge is 0.0728 e. The van der Waals surface area contributed by atoms with Crippen LogP contribution < -0.4 is 5.73 Å². The lowest BCUT2D eigenvalue weighted by atomic mass is 9.96. The zero-order valence-corrected chi connectivity index (χ0v) is 7.55. The predicted octanol–water partition coefficient (Wildman–Crippen LogP) is 1.54. The molecule has 0 aliphatic carbocycles. The number of nitrogens with two attached hydrogens (primary N) is 1. The van der Waals surface area contributed by atoms with Crippen molar-refractivity contribution in [1.29, 1.82) is 0 Å². The fraction of sp³-hybridized carbons (Fsp3) is 1.00. The van der Waals surface area contributed by atoms with E-state index in [2.05, 4.69) is 13.8 Å². The summed E-state index contributed by atoms with van der Waals surface area (Å²) in [7, 11) is 0. The van der Waals surface area contributed by atoms with Gasteiger partial charge in [0, 0.05) is 12.6 Å². The molecule has 1 heterocycles. The molecule has 0 unspecified atom stereocenters. The molecule has 11 heavy (non-hydrogen) atoms. The fourth-order valence-corrected chi connectivity index (χ4v) is 1.57. The van der Waals surface area contributed by atoms with Gasteiger partial charge >= 0.3 is 0 Å². The van der Waals surface area contributed by atoms with E-state index in [0.717, 1.165) is 25.9 Å². The van der Waals surface area contributed by atoms with Crippen molar-refractivity contribution < 1.29 is 4.74 Å². The Morgan fingerprint density at radius 1 is 1.55 bits per heavy atom. The Kier molecular flexibility index (Phi) is 3.34. The van der Waals surface area contributed by atoms with Gasteiger partial charge in [0.15, 0.2) is 0 Å². The van der Waals surface area contributed by atoms with Gasteiger partial charge in [0.1, 0.15) is 0 Å². The molecule has 0 aromatic rings. The molecule has 1 aliphatic heterocycles. The molecule has 2 N–H and O–H groups in total. The van der Waals surface area contributed by atoms with E-state index in [1.807, 2.05) is 0 Å². The maximum absolute atomic E-state index is 5.90. The van der Waals surface area contributed by atoms with Crippen molar-refractivity contribution in [2.24, 2.45) is 11.7 Å². The van der Waals surface area contributed by atoms with Crippen LogP contribution in [0.2, 0.25) is 0 Å². The van der Waals surface area contributed by atoms with Gasteiger partial charge in [0.25, 0.3) is 0 Å². The molecule has 1 rings (SSSR count). The molecule has 2 atom stereocenters. The summed E-state index contributed by atoms with van der Waals surface area (Å²) in [5, 5.41) is 0. The van der Waals surface area contributed by atoms with Crippen molar-refractivity contribution in [3.05, 3.63) is 0 Å². The minimum absolute atomic E-state index is 0.283. The maximum atomic E-state index is 5.90. The van der Waals surface area contributed by atoms with Crippen LogP contribution in [0, 0.1) is 5.92 Å². The Morgan fingerprint density at radius 3 is 2.82 bits per heavy atom. The van der Waals surface area contributed by atoms with Crippen LogP contribution in [0.4, 0.5) is 0 Å². The quantitative estimate of drug-likeness (QED) is 0.660. The van der Waals surface area contributed by atoms with E-state index >= 15 is 0 Å². The van der Waals surface area contributed by atoms with Crippen LogP contribution in [-0.4, -0.2) is 18.8 Å². The van der Waals surface area contributed by atoms with Gasteiger partial charge in [0.2, 0.25) is 0 Å². The summed E-state index contributed by atoms with van der Waals surface area (Å²) in [6.07, 6.45) is 3.71. The summed E-state index contributed by atoms with van der Waals surface area (Å²) < 4.78 is 5.58. The zero-order chi connectivity index (χ0) is 8.27. The first kappa shape index (κ1) is 9.01. The molecular weight excluding hydrogens is 138 g/mol. The Hall–Kier alpha value is -0.0800. The lowest BCUT2D eigenvalue weighted by molar-refractivity contribution is -0.00983. The Balaban J connectivity index is 2.29. The van der Waals surface area contributed by atoms with Crippen LogP contribution in [0.15, 0.2) is 0 Å². The van der Waals surface area contributed by atoms with E-state index in [9.17, 15) is 0 Å². The molecule has 66 valence electrons. The second-order valence-corrected chi connectivity index (χ2v) is 3.84. The molecule has 0 spiro atoms. The molecule has 2 heteroatoms. The largest absolute Gasteiger partial charge is 0.377 e. The Bertz CT molecular complexity index is 114. The standard InChI is InChI=1S/C9H19NO/c1-7(2)6-9-8(10)4-3-5-11-9/h7-9H,3-6,10H2,1-2H3/t8-,9+/m1/s1. The van der Waals surface area contributed by atoms with Crippen molar-refractivity contribution in [3.8, 4) is 0 Å². The van der Waals surface area contributed by atoms with Crippen molar-refractivity contribution >= 4 is 0 Å². The van der Waals surface area contributed by atoms with E-state index in [0.29, 0.717) is 12.0 Å². The normalized spacial score (nSPS) is 32.7. The molecule has 0 radical (unpaired) electrons. The molecule has 0 aromatic heterocycles. The van der Waals surface area contributed by atoms with Crippen molar-refractivity contribution in [1.82, 2.24) is 0 Å². The molecule has 0 bridgehead atoms. The summed E-state index contributed by atoms with van der Waals surface area (Å²) >= 11 is 0. The minimum atomic E-state index is 0.283. The first-order valence-electron chi connectivity index (χ1n) is 4.57. The van der Waals surface area contributed by atoms with Crippen molar-refractivity contribution in [3.63, 3.8) is 0 Å². The lowest BCUT2D eigenvalue weighted by Crippen LogP contribution is -2.41. The van der Waals surface area contributed by atoms with Gasteiger partial charge in [-0.05, 0) is 25.2 Å². The van der Waals surface area contributed by atoms with E-state index in [1.165, 1.54) is 0 Å². The molecule has 0 saturated carbocycles. The molecule has 2 nitrogen and oxygen atoms in total. The van der Waals surface area contributed by atoms with Gasteiger partial charge in [0.05, 0.1) is 6.10 Å². The van der Waals surface area contributed by atoms with Gasteiger partial charge < -0.3 is 10.5 Å². The highest BCUT2D eigenvalue weighted by atomic mass is 16.5. The fourth-order valence-electron chi connectivity index (χ4n) is 1.57. The minimum Gasteiger partial charge on any atom is -0.377 e. The summed E-state index contributed by atoms with van der Waals surface area (Å²) in [6.45, 7) is 5.33. The highest BCUT2D eigenvalue weighted by Gasteiger charge is 2.22. The number of ether oxygens (including phenoxy) is 1. The number of hydrogen-bond acceptors (Lipinski definition) is 2. The third-order valence-corrected chi connectivity index (χ3v) is 2.19. The second-order valence-electron chi connectivity index (χ2n) is 3.84. The maximum Gasteiger partial charge on any atom is 0.0728 e. The molecule has 0 amide bonds. The molecular formula is C9H19NO. The van der Waals surface area contributed by atoms with Crippen molar-refractivity contribution in [2.45, 2.75) is 45.3 Å². The van der Waals surface area contributed by atoms with Gasteiger partial charge in [-0.15, -0.1) is 0 Å². The molecule has 1 saturated heterocycles. The summed E-state index contributed by atoms with van der Waals surface area (Å²) in [4.78, 5) is 0. The second kappa shape index (κ2) is 4.07. The van der Waals surface area contributed by atoms with Crippen LogP contribution >= 0.6 is 0 Å². The lowest BCUT2D eigenvalue weighted by Gasteiger charge is -2.30. The summed E-state index contributed by atoms with van der Waals surface area (Å²) in [5.74, 6) is 0.698. The molecule has 1 aliphatic rings. The predicted molar refractivity (Wildman–Crippen MR) is 46.4 cm³/mol. The van der Waals surface area contributed by atoms with Gasteiger partial charge in [-0.1, -0.05) is 13.8 Å². The first-order chi connectivity index (χ1) is 5.20. The van der Waals surface area contributed by atoms with Crippen molar-refractivity contribution in [2.75, 3.05) is 6.61 Å². The molecule has 0 aromatic carbocycles. The van der Waals surface area contributed by atoms with Crippen LogP contribution in [0.5, 0.6) is 0 Å². The number of rotatable bonds is 2. The van der Waals surface area contributed by atoms with E-state index in [4.69, 9.17) is 10.5 Å². The topological polar surface area (TPSA) is 35.2 Å². The van der Waals surface area contributed by atoms with Crippen LogP contribution in [-0.2, 0) is 4.74 Å². The Morgan fingerprint density at radius 2 is 2.27 bits per heavy atom.